The van der Waals surface area contributed by atoms with Crippen LogP contribution in [0.15, 0.2) is 29.2 Å². The van der Waals surface area contributed by atoms with Gasteiger partial charge in [-0.25, -0.2) is 0 Å². The van der Waals surface area contributed by atoms with Crippen LogP contribution in [0.1, 0.15) is 98.0 Å². The predicted molar refractivity (Wildman–Crippen MR) is 145 cm³/mol. The Morgan fingerprint density at radius 2 is 1.30 bits per heavy atom. The molecule has 0 aliphatic rings. The van der Waals surface area contributed by atoms with Crippen molar-refractivity contribution in [3.8, 4) is 0 Å². The Hall–Kier alpha value is -0.111. The zero-order valence-electron chi connectivity index (χ0n) is 22.3. The SMILES string of the molecule is CCCC[C@H](N([C@@H](C)CO)S(=O)(=O)c1ccc(C)cc1)[Sn]([CH2]CCC)([CH2]CCC)[CH2]CCC. The van der Waals surface area contributed by atoms with Crippen molar-refractivity contribution in [3.63, 3.8) is 0 Å². The second kappa shape index (κ2) is 15.8. The number of nitrogens with zero attached hydrogens (tertiary/aromatic N) is 1. The molecule has 0 aromatic heterocycles. The standard InChI is InChI=1S/C15H24NO3S.3C4H9.Sn/c1-4-5-6-11-16(14(3)12-17)20(18,19)15-9-7-13(2)8-10-15;3*1-3-4-2;/h7-11,14,17H,4-6,12H2,1-3H3;3*1,3-4H2,2H3;/t14-;;;;/m0..../s1. The molecular formula is C27H51NO3SSn. The van der Waals surface area contributed by atoms with E-state index in [4.69, 9.17) is 0 Å². The van der Waals surface area contributed by atoms with E-state index in [1.807, 2.05) is 30.3 Å². The molecule has 0 saturated heterocycles. The average molecular weight is 588 g/mol. The first-order valence-electron chi connectivity index (χ1n) is 13.4. The molecule has 0 heterocycles. The van der Waals surface area contributed by atoms with E-state index in [2.05, 4.69) is 27.7 Å². The van der Waals surface area contributed by atoms with Crippen LogP contribution in [0.2, 0.25) is 13.3 Å². The summed E-state index contributed by atoms with van der Waals surface area (Å²) in [5.41, 5.74) is 1.06. The van der Waals surface area contributed by atoms with E-state index in [1.54, 1.807) is 12.1 Å². The van der Waals surface area contributed by atoms with Gasteiger partial charge in [-0.2, -0.15) is 0 Å². The molecule has 0 radical (unpaired) electrons. The number of aliphatic hydroxyl groups excluding tert-OH is 1. The van der Waals surface area contributed by atoms with Crippen LogP contribution in [0.3, 0.4) is 0 Å². The molecule has 0 aliphatic heterocycles. The van der Waals surface area contributed by atoms with Crippen LogP contribution in [-0.2, 0) is 10.0 Å². The Bertz CT molecular complexity index is 729. The average Bonchev–Trinajstić information content (AvgIpc) is 2.81. The van der Waals surface area contributed by atoms with Gasteiger partial charge < -0.3 is 0 Å². The maximum atomic E-state index is 14.2. The van der Waals surface area contributed by atoms with Crippen molar-refractivity contribution >= 4 is 28.4 Å². The fourth-order valence-electron chi connectivity index (χ4n) is 5.19. The van der Waals surface area contributed by atoms with Crippen molar-refractivity contribution in [1.82, 2.24) is 4.31 Å². The second-order valence-electron chi connectivity index (χ2n) is 10.0. The van der Waals surface area contributed by atoms with Gasteiger partial charge in [0.2, 0.25) is 0 Å². The van der Waals surface area contributed by atoms with Crippen LogP contribution >= 0.6 is 0 Å². The summed E-state index contributed by atoms with van der Waals surface area (Å²) in [6.45, 7) is 12.7. The summed E-state index contributed by atoms with van der Waals surface area (Å²) in [7, 11) is -3.69. The summed E-state index contributed by atoms with van der Waals surface area (Å²) in [5.74, 6) is 0. The van der Waals surface area contributed by atoms with Crippen molar-refractivity contribution in [2.24, 2.45) is 0 Å². The van der Waals surface area contributed by atoms with Crippen LogP contribution in [-0.4, -0.2) is 52.9 Å². The van der Waals surface area contributed by atoms with Gasteiger partial charge in [-0.15, -0.1) is 0 Å². The number of aliphatic hydroxyl groups is 1. The number of unbranched alkanes of at least 4 members (excludes halogenated alkanes) is 4. The van der Waals surface area contributed by atoms with E-state index in [9.17, 15) is 13.5 Å². The number of hydrogen-bond donors (Lipinski definition) is 1. The molecule has 2 atom stereocenters. The Kier molecular flexibility index (Phi) is 14.8. The Balaban J connectivity index is 3.71. The Morgan fingerprint density at radius 3 is 1.70 bits per heavy atom. The number of hydrogen-bond acceptors (Lipinski definition) is 3. The third-order valence-electron chi connectivity index (χ3n) is 7.22. The molecule has 0 bridgehead atoms. The number of benzene rings is 1. The third kappa shape index (κ3) is 8.80. The molecule has 1 N–H and O–H groups in total. The molecule has 0 saturated carbocycles. The van der Waals surface area contributed by atoms with Crippen LogP contribution in [0.25, 0.3) is 0 Å². The molecule has 0 fully saturated rings. The summed E-state index contributed by atoms with van der Waals surface area (Å²) < 4.78 is 34.0. The summed E-state index contributed by atoms with van der Waals surface area (Å²) >= 11 is -2.97. The zero-order chi connectivity index (χ0) is 24.9. The number of rotatable bonds is 18. The van der Waals surface area contributed by atoms with E-state index in [0.717, 1.165) is 44.1 Å². The van der Waals surface area contributed by atoms with Gasteiger partial charge in [-0.1, -0.05) is 0 Å². The first-order valence-corrected chi connectivity index (χ1v) is 22.6. The van der Waals surface area contributed by atoms with E-state index >= 15 is 0 Å². The van der Waals surface area contributed by atoms with Gasteiger partial charge >= 0.3 is 210 Å². The van der Waals surface area contributed by atoms with Gasteiger partial charge in [-0.05, 0) is 0 Å². The van der Waals surface area contributed by atoms with Crippen molar-refractivity contribution in [3.05, 3.63) is 29.8 Å². The minimum absolute atomic E-state index is 0.109. The van der Waals surface area contributed by atoms with E-state index in [0.29, 0.717) is 4.90 Å². The fourth-order valence-corrected chi connectivity index (χ4v) is 28.2. The molecule has 0 spiro atoms. The number of sulfonamides is 1. The van der Waals surface area contributed by atoms with Crippen molar-refractivity contribution in [2.75, 3.05) is 6.61 Å². The molecule has 0 aliphatic carbocycles. The molecule has 1 rings (SSSR count). The van der Waals surface area contributed by atoms with Crippen LogP contribution in [0.5, 0.6) is 0 Å². The Morgan fingerprint density at radius 1 is 0.848 bits per heavy atom. The summed E-state index contributed by atoms with van der Waals surface area (Å²) in [5, 5.41) is 10.2. The molecule has 192 valence electrons. The molecule has 4 nitrogen and oxygen atoms in total. The second-order valence-corrected chi connectivity index (χ2v) is 25.8. The molecule has 1 aromatic rings. The van der Waals surface area contributed by atoms with E-state index in [1.165, 1.54) is 32.6 Å². The molecule has 1 aromatic carbocycles. The van der Waals surface area contributed by atoms with Crippen LogP contribution in [0, 0.1) is 6.92 Å². The monoisotopic (exact) mass is 589 g/mol. The van der Waals surface area contributed by atoms with Gasteiger partial charge in [0, 0.05) is 0 Å². The van der Waals surface area contributed by atoms with Gasteiger partial charge in [0.15, 0.2) is 0 Å². The predicted octanol–water partition coefficient (Wildman–Crippen LogP) is 7.31. The number of aryl methyl sites for hydroxylation is 1. The quantitative estimate of drug-likeness (QED) is 0.183. The normalized spacial score (nSPS) is 14.5. The van der Waals surface area contributed by atoms with E-state index in [-0.39, 0.29) is 10.7 Å². The van der Waals surface area contributed by atoms with Crippen molar-refractivity contribution in [2.45, 2.75) is 128 Å². The topological polar surface area (TPSA) is 57.6 Å². The summed E-state index contributed by atoms with van der Waals surface area (Å²) in [6.07, 6.45) is 10.2. The molecule has 6 heteroatoms. The van der Waals surface area contributed by atoms with Gasteiger partial charge in [0.1, 0.15) is 0 Å². The molecule has 33 heavy (non-hydrogen) atoms. The Labute approximate surface area is 209 Å². The summed E-state index contributed by atoms with van der Waals surface area (Å²) in [6, 6.07) is 6.87. The van der Waals surface area contributed by atoms with Crippen LogP contribution in [0.4, 0.5) is 0 Å². The van der Waals surface area contributed by atoms with Gasteiger partial charge in [0.25, 0.3) is 0 Å². The zero-order valence-corrected chi connectivity index (χ0v) is 25.9. The van der Waals surface area contributed by atoms with E-state index < -0.39 is 34.4 Å². The fraction of sp³-hybridized carbons (Fsp3) is 0.778. The van der Waals surface area contributed by atoms with Gasteiger partial charge in [-0.3, -0.25) is 0 Å². The summed E-state index contributed by atoms with van der Waals surface area (Å²) in [4.78, 5) is 0.372. The van der Waals surface area contributed by atoms with Crippen molar-refractivity contribution < 1.29 is 13.5 Å². The van der Waals surface area contributed by atoms with Gasteiger partial charge in [0.05, 0.1) is 0 Å². The van der Waals surface area contributed by atoms with Crippen LogP contribution < -0.4 is 0 Å². The minimum atomic E-state index is -3.69. The first-order chi connectivity index (χ1) is 15.7. The first kappa shape index (κ1) is 30.9. The maximum absolute atomic E-state index is 14.2. The van der Waals surface area contributed by atoms with Crippen molar-refractivity contribution in [1.29, 1.82) is 0 Å². The molecule has 0 unspecified atom stereocenters. The molecular weight excluding hydrogens is 537 g/mol. The third-order valence-corrected chi connectivity index (χ3v) is 27.0. The molecule has 0 amide bonds.